The Labute approximate surface area is 92.9 Å². The topological polar surface area (TPSA) is 61.8 Å². The predicted molar refractivity (Wildman–Crippen MR) is 58.9 cm³/mol. The zero-order valence-corrected chi connectivity index (χ0v) is 10.1. The second kappa shape index (κ2) is 3.06. The number of hydrogen-bond acceptors (Lipinski definition) is 3. The Bertz CT molecular complexity index is 664. The molecule has 2 rings (SSSR count). The second-order valence-electron chi connectivity index (χ2n) is 3.32. The highest BCUT2D eigenvalue weighted by atomic mass is 79.9. The van der Waals surface area contributed by atoms with Gasteiger partial charge in [0.05, 0.1) is 0 Å². The van der Waals surface area contributed by atoms with Crippen molar-refractivity contribution in [2.45, 2.75) is 0 Å². The molecule has 0 N–H and O–H groups in total. The van der Waals surface area contributed by atoms with E-state index in [1.807, 2.05) is 0 Å². The molecular formula is C8H9BrN4O2. The molecule has 15 heavy (non-hydrogen) atoms. The standard InChI is InChI=1S/C8H9BrN4O2/c1-11-5-4(10-13(3)6(5)9)7(14)12(2)8(11)15/h1-3H3. The highest BCUT2D eigenvalue weighted by Crippen LogP contribution is 2.18. The lowest BCUT2D eigenvalue weighted by Crippen LogP contribution is -2.36. The summed E-state index contributed by atoms with van der Waals surface area (Å²) in [5, 5.41) is 4.05. The Morgan fingerprint density at radius 2 is 1.73 bits per heavy atom. The summed E-state index contributed by atoms with van der Waals surface area (Å²) in [4.78, 5) is 23.4. The van der Waals surface area contributed by atoms with E-state index in [1.165, 1.54) is 16.3 Å². The van der Waals surface area contributed by atoms with Crippen LogP contribution in [0.25, 0.3) is 11.0 Å². The van der Waals surface area contributed by atoms with Crippen LogP contribution in [0.3, 0.4) is 0 Å². The molecule has 0 aliphatic carbocycles. The van der Waals surface area contributed by atoms with Gasteiger partial charge in [0.2, 0.25) is 0 Å². The van der Waals surface area contributed by atoms with E-state index >= 15 is 0 Å². The van der Waals surface area contributed by atoms with Gasteiger partial charge >= 0.3 is 5.69 Å². The second-order valence-corrected chi connectivity index (χ2v) is 4.07. The van der Waals surface area contributed by atoms with Gasteiger partial charge < -0.3 is 0 Å². The maximum Gasteiger partial charge on any atom is 0.331 e. The van der Waals surface area contributed by atoms with Crippen LogP contribution in [-0.2, 0) is 21.1 Å². The number of hydrogen-bond donors (Lipinski definition) is 0. The molecule has 0 unspecified atom stereocenters. The molecule has 0 atom stereocenters. The van der Waals surface area contributed by atoms with Crippen molar-refractivity contribution >= 4 is 27.0 Å². The van der Waals surface area contributed by atoms with Crippen molar-refractivity contribution < 1.29 is 0 Å². The van der Waals surface area contributed by atoms with Crippen molar-refractivity contribution in [3.63, 3.8) is 0 Å². The fourth-order valence-electron chi connectivity index (χ4n) is 1.50. The zero-order chi connectivity index (χ0) is 11.3. The van der Waals surface area contributed by atoms with Gasteiger partial charge in [-0.05, 0) is 15.9 Å². The Morgan fingerprint density at radius 1 is 1.13 bits per heavy atom. The molecule has 0 bridgehead atoms. The Balaban J connectivity index is 3.23. The number of fused-ring (bicyclic) bond motifs is 1. The van der Waals surface area contributed by atoms with Crippen LogP contribution in [-0.4, -0.2) is 18.9 Å². The Kier molecular flexibility index (Phi) is 2.07. The maximum atomic E-state index is 11.7. The van der Waals surface area contributed by atoms with Gasteiger partial charge in [0, 0.05) is 21.1 Å². The van der Waals surface area contributed by atoms with Crippen LogP contribution in [0.15, 0.2) is 14.2 Å². The third kappa shape index (κ3) is 1.19. The number of rotatable bonds is 0. The minimum atomic E-state index is -0.380. The van der Waals surface area contributed by atoms with Crippen LogP contribution < -0.4 is 11.2 Å². The maximum absolute atomic E-state index is 11.7. The van der Waals surface area contributed by atoms with Gasteiger partial charge in [-0.15, -0.1) is 0 Å². The summed E-state index contributed by atoms with van der Waals surface area (Å²) in [6.45, 7) is 0. The Morgan fingerprint density at radius 3 is 2.33 bits per heavy atom. The third-order valence-corrected chi connectivity index (χ3v) is 3.26. The smallest absolute Gasteiger partial charge is 0.292 e. The molecule has 0 saturated heterocycles. The SMILES string of the molecule is Cn1nc2c(=O)n(C)c(=O)n(C)c2c1Br. The van der Waals surface area contributed by atoms with Crippen LogP contribution in [0.4, 0.5) is 0 Å². The van der Waals surface area contributed by atoms with Crippen LogP contribution >= 0.6 is 15.9 Å². The van der Waals surface area contributed by atoms with Gasteiger partial charge in [0.1, 0.15) is 10.1 Å². The quantitative estimate of drug-likeness (QED) is 0.664. The third-order valence-electron chi connectivity index (χ3n) is 2.37. The molecule has 6 nitrogen and oxygen atoms in total. The Hall–Kier alpha value is -1.37. The fraction of sp³-hybridized carbons (Fsp3) is 0.375. The predicted octanol–water partition coefficient (Wildman–Crippen LogP) is -0.267. The van der Waals surface area contributed by atoms with E-state index in [0.717, 1.165) is 4.57 Å². The lowest BCUT2D eigenvalue weighted by molar-refractivity contribution is 0.712. The summed E-state index contributed by atoms with van der Waals surface area (Å²) in [5.41, 5.74) is 0.0650. The van der Waals surface area contributed by atoms with Crippen LogP contribution in [0.1, 0.15) is 0 Å². The van der Waals surface area contributed by atoms with Crippen molar-refractivity contribution in [2.24, 2.45) is 21.1 Å². The largest absolute Gasteiger partial charge is 0.331 e. The van der Waals surface area contributed by atoms with Crippen molar-refractivity contribution in [3.8, 4) is 0 Å². The van der Waals surface area contributed by atoms with Crippen molar-refractivity contribution in [3.05, 3.63) is 25.4 Å². The molecule has 2 aromatic rings. The van der Waals surface area contributed by atoms with Crippen molar-refractivity contribution in [2.75, 3.05) is 0 Å². The normalized spacial score (nSPS) is 11.2. The van der Waals surface area contributed by atoms with Gasteiger partial charge in [-0.25, -0.2) is 4.79 Å². The molecule has 2 heterocycles. The molecule has 0 aliphatic heterocycles. The van der Waals surface area contributed by atoms with E-state index in [2.05, 4.69) is 21.0 Å². The molecule has 0 aliphatic rings. The summed E-state index contributed by atoms with van der Waals surface area (Å²) >= 11 is 3.29. The van der Waals surface area contributed by atoms with Crippen LogP contribution in [0.2, 0.25) is 0 Å². The first-order valence-corrected chi connectivity index (χ1v) is 5.02. The highest BCUT2D eigenvalue weighted by Gasteiger charge is 2.15. The van der Waals surface area contributed by atoms with Gasteiger partial charge in [-0.2, -0.15) is 5.10 Å². The molecule has 0 saturated carbocycles. The van der Waals surface area contributed by atoms with E-state index in [9.17, 15) is 9.59 Å². The first-order valence-electron chi connectivity index (χ1n) is 4.23. The average Bonchev–Trinajstić information content (AvgIpc) is 2.50. The summed E-state index contributed by atoms with van der Waals surface area (Å²) in [6.07, 6.45) is 0. The van der Waals surface area contributed by atoms with Crippen molar-refractivity contribution in [1.82, 2.24) is 18.9 Å². The van der Waals surface area contributed by atoms with Crippen LogP contribution in [0.5, 0.6) is 0 Å². The number of aromatic nitrogens is 4. The number of aryl methyl sites for hydroxylation is 2. The summed E-state index contributed by atoms with van der Waals surface area (Å²) in [7, 11) is 4.75. The molecule has 0 aromatic carbocycles. The van der Waals surface area contributed by atoms with E-state index in [1.54, 1.807) is 14.1 Å². The van der Waals surface area contributed by atoms with E-state index < -0.39 is 0 Å². The molecule has 80 valence electrons. The van der Waals surface area contributed by atoms with Crippen molar-refractivity contribution in [1.29, 1.82) is 0 Å². The van der Waals surface area contributed by atoms with Gasteiger partial charge in [0.15, 0.2) is 5.52 Å². The molecular weight excluding hydrogens is 264 g/mol. The van der Waals surface area contributed by atoms with Gasteiger partial charge in [-0.3, -0.25) is 18.6 Å². The van der Waals surface area contributed by atoms with Gasteiger partial charge in [-0.1, -0.05) is 0 Å². The fourth-order valence-corrected chi connectivity index (χ4v) is 2.03. The lowest BCUT2D eigenvalue weighted by Gasteiger charge is -2.02. The van der Waals surface area contributed by atoms with Gasteiger partial charge in [0.25, 0.3) is 5.56 Å². The average molecular weight is 273 g/mol. The highest BCUT2D eigenvalue weighted by molar-refractivity contribution is 9.10. The minimum Gasteiger partial charge on any atom is -0.292 e. The first kappa shape index (κ1) is 10.2. The molecule has 7 heteroatoms. The minimum absolute atomic E-state index is 0.286. The van der Waals surface area contributed by atoms with E-state index in [0.29, 0.717) is 10.1 Å². The summed E-state index contributed by atoms with van der Waals surface area (Å²) in [6, 6.07) is 0. The zero-order valence-electron chi connectivity index (χ0n) is 8.48. The number of nitrogens with zero attached hydrogens (tertiary/aromatic N) is 4. The van der Waals surface area contributed by atoms with E-state index in [-0.39, 0.29) is 16.8 Å². The summed E-state index contributed by atoms with van der Waals surface area (Å²) in [5.74, 6) is 0. The molecule has 0 fully saturated rings. The lowest BCUT2D eigenvalue weighted by atomic mass is 10.4. The first-order chi connectivity index (χ1) is 6.95. The molecule has 2 aromatic heterocycles. The monoisotopic (exact) mass is 272 g/mol. The molecule has 0 amide bonds. The molecule has 0 radical (unpaired) electrons. The summed E-state index contributed by atoms with van der Waals surface area (Å²) < 4.78 is 4.58. The number of halogens is 1. The molecule has 0 spiro atoms. The van der Waals surface area contributed by atoms with E-state index in [4.69, 9.17) is 0 Å². The van der Waals surface area contributed by atoms with Crippen LogP contribution in [0, 0.1) is 0 Å².